The minimum Gasteiger partial charge on any atom is -0.492 e. The number of aromatic hydroxyl groups is 1. The highest BCUT2D eigenvalue weighted by Gasteiger charge is 2.33. The molecule has 4 rings (SSSR count). The first-order valence-electron chi connectivity index (χ1n) is 9.84. The normalized spacial score (nSPS) is 22.4. The zero-order valence-electron chi connectivity index (χ0n) is 16.5. The van der Waals surface area contributed by atoms with Crippen LogP contribution in [0.5, 0.6) is 5.88 Å². The second-order valence-corrected chi connectivity index (χ2v) is 9.09. The van der Waals surface area contributed by atoms with E-state index in [2.05, 4.69) is 60.0 Å². The van der Waals surface area contributed by atoms with Crippen molar-refractivity contribution in [2.24, 2.45) is 11.8 Å². The van der Waals surface area contributed by atoms with Gasteiger partial charge in [0.05, 0.1) is 10.9 Å². The first-order valence-corrected chi connectivity index (χ1v) is 10.7. The molecule has 3 aromatic rings. The summed E-state index contributed by atoms with van der Waals surface area (Å²) < 4.78 is 1.61. The number of thiazole rings is 1. The van der Waals surface area contributed by atoms with Crippen LogP contribution in [0.3, 0.4) is 0 Å². The fourth-order valence-electron chi connectivity index (χ4n) is 4.32. The van der Waals surface area contributed by atoms with E-state index in [9.17, 15) is 5.11 Å². The number of hydrogen-bond donors (Lipinski definition) is 1. The first kappa shape index (κ1) is 18.4. The molecule has 0 saturated carbocycles. The summed E-state index contributed by atoms with van der Waals surface area (Å²) in [5.41, 5.74) is 2.47. The Kier molecular flexibility index (Phi) is 4.95. The Morgan fingerprint density at radius 1 is 1.19 bits per heavy atom. The third-order valence-corrected chi connectivity index (χ3v) is 6.54. The number of piperidine rings is 1. The number of likely N-dealkylation sites (tertiary alicyclic amines) is 1. The fourth-order valence-corrected chi connectivity index (χ4v) is 5.45. The highest BCUT2D eigenvalue weighted by molar-refractivity contribution is 7.17. The largest absolute Gasteiger partial charge is 0.492 e. The van der Waals surface area contributed by atoms with Crippen LogP contribution in [-0.4, -0.2) is 37.7 Å². The lowest BCUT2D eigenvalue weighted by Crippen LogP contribution is -2.41. The monoisotopic (exact) mass is 384 g/mol. The second-order valence-electron chi connectivity index (χ2n) is 8.08. The van der Waals surface area contributed by atoms with Crippen molar-refractivity contribution in [2.75, 3.05) is 13.1 Å². The SMILES string of the molecule is CCc1nc2sc([C@@H](c3ccc(C)cc3)N3C[C@H](C)C[C@H](C)C3)c(O)n2n1. The van der Waals surface area contributed by atoms with E-state index in [1.807, 2.05) is 6.92 Å². The van der Waals surface area contributed by atoms with E-state index in [1.54, 1.807) is 15.9 Å². The van der Waals surface area contributed by atoms with Crippen LogP contribution in [-0.2, 0) is 6.42 Å². The van der Waals surface area contributed by atoms with Gasteiger partial charge >= 0.3 is 0 Å². The summed E-state index contributed by atoms with van der Waals surface area (Å²) in [7, 11) is 0. The van der Waals surface area contributed by atoms with Gasteiger partial charge in [-0.05, 0) is 30.7 Å². The molecule has 1 aliphatic rings. The van der Waals surface area contributed by atoms with Crippen LogP contribution >= 0.6 is 11.3 Å². The number of rotatable bonds is 4. The van der Waals surface area contributed by atoms with Crippen LogP contribution < -0.4 is 0 Å². The Balaban J connectivity index is 1.81. The minimum absolute atomic E-state index is 0.0365. The molecule has 0 unspecified atom stereocenters. The van der Waals surface area contributed by atoms with Gasteiger partial charge in [0.1, 0.15) is 0 Å². The molecule has 1 aromatic carbocycles. The maximum absolute atomic E-state index is 11.0. The summed E-state index contributed by atoms with van der Waals surface area (Å²) in [5, 5.41) is 15.5. The van der Waals surface area contributed by atoms with Crippen molar-refractivity contribution in [3.05, 3.63) is 46.1 Å². The highest BCUT2D eigenvalue weighted by Crippen LogP contribution is 2.42. The van der Waals surface area contributed by atoms with E-state index in [0.717, 1.165) is 35.2 Å². The van der Waals surface area contributed by atoms with Gasteiger partial charge < -0.3 is 5.11 Å². The van der Waals surface area contributed by atoms with Gasteiger partial charge in [-0.1, -0.05) is 61.9 Å². The Bertz CT molecular complexity index is 920. The molecule has 1 aliphatic heterocycles. The maximum Gasteiger partial charge on any atom is 0.230 e. The summed E-state index contributed by atoms with van der Waals surface area (Å²) in [6, 6.07) is 8.73. The lowest BCUT2D eigenvalue weighted by Gasteiger charge is -2.40. The topological polar surface area (TPSA) is 53.7 Å². The predicted octanol–water partition coefficient (Wildman–Crippen LogP) is 4.43. The average Bonchev–Trinajstić information content (AvgIpc) is 3.16. The maximum atomic E-state index is 11.0. The van der Waals surface area contributed by atoms with Gasteiger partial charge in [0, 0.05) is 19.5 Å². The third-order valence-electron chi connectivity index (χ3n) is 5.46. The molecule has 3 heterocycles. The van der Waals surface area contributed by atoms with Crippen molar-refractivity contribution in [1.29, 1.82) is 0 Å². The van der Waals surface area contributed by atoms with Crippen LogP contribution in [0.15, 0.2) is 24.3 Å². The Morgan fingerprint density at radius 3 is 2.44 bits per heavy atom. The van der Waals surface area contributed by atoms with Crippen molar-refractivity contribution in [2.45, 2.75) is 46.6 Å². The molecule has 1 fully saturated rings. The second kappa shape index (κ2) is 7.24. The zero-order chi connectivity index (χ0) is 19.1. The van der Waals surface area contributed by atoms with Gasteiger partial charge in [0.15, 0.2) is 5.82 Å². The van der Waals surface area contributed by atoms with Gasteiger partial charge in [-0.25, -0.2) is 4.98 Å². The van der Waals surface area contributed by atoms with E-state index < -0.39 is 0 Å². The van der Waals surface area contributed by atoms with Crippen molar-refractivity contribution in [3.8, 4) is 5.88 Å². The Hall–Kier alpha value is -1.92. The van der Waals surface area contributed by atoms with Crippen LogP contribution in [0, 0.1) is 18.8 Å². The van der Waals surface area contributed by atoms with Gasteiger partial charge in [-0.15, -0.1) is 5.10 Å². The van der Waals surface area contributed by atoms with Gasteiger partial charge in [-0.3, -0.25) is 4.90 Å². The summed E-state index contributed by atoms with van der Waals surface area (Å²) >= 11 is 1.56. The summed E-state index contributed by atoms with van der Waals surface area (Å²) in [5.74, 6) is 2.31. The molecule has 3 atom stereocenters. The standard InChI is InChI=1S/C21H28N4OS/c1-5-17-22-21-25(23-17)20(26)19(27-21)18(16-8-6-13(2)7-9-16)24-11-14(3)10-15(4)12-24/h6-9,14-15,18,26H,5,10-12H2,1-4H3/t14-,15+,18-/m1/s1. The molecule has 1 saturated heterocycles. The fraction of sp³-hybridized carbons (Fsp3) is 0.524. The molecular weight excluding hydrogens is 356 g/mol. The molecular formula is C21H28N4OS. The smallest absolute Gasteiger partial charge is 0.230 e. The molecule has 0 radical (unpaired) electrons. The van der Waals surface area contributed by atoms with E-state index in [1.165, 1.54) is 17.5 Å². The number of nitrogens with zero attached hydrogens (tertiary/aromatic N) is 4. The molecule has 0 bridgehead atoms. The van der Waals surface area contributed by atoms with Crippen LogP contribution in [0.4, 0.5) is 0 Å². The van der Waals surface area contributed by atoms with Crippen LogP contribution in [0.2, 0.25) is 0 Å². The average molecular weight is 385 g/mol. The Morgan fingerprint density at radius 2 is 1.85 bits per heavy atom. The number of benzene rings is 1. The highest BCUT2D eigenvalue weighted by atomic mass is 32.1. The molecule has 0 spiro atoms. The molecule has 144 valence electrons. The first-order chi connectivity index (χ1) is 13.0. The van der Waals surface area contributed by atoms with Crippen LogP contribution in [0.1, 0.15) is 55.1 Å². The van der Waals surface area contributed by atoms with Crippen molar-refractivity contribution in [1.82, 2.24) is 19.5 Å². The lowest BCUT2D eigenvalue weighted by molar-refractivity contribution is 0.112. The summed E-state index contributed by atoms with van der Waals surface area (Å²) in [6.07, 6.45) is 2.03. The van der Waals surface area contributed by atoms with Gasteiger partial charge in [0.25, 0.3) is 0 Å². The predicted molar refractivity (Wildman–Crippen MR) is 109 cm³/mol. The number of hydrogen-bond acceptors (Lipinski definition) is 5. The Labute approximate surface area is 164 Å². The van der Waals surface area contributed by atoms with Crippen molar-refractivity contribution < 1.29 is 5.11 Å². The molecule has 6 heteroatoms. The van der Waals surface area contributed by atoms with Crippen LogP contribution in [0.25, 0.3) is 4.96 Å². The third kappa shape index (κ3) is 3.48. The molecule has 0 aliphatic carbocycles. The number of fused-ring (bicyclic) bond motifs is 1. The van der Waals surface area contributed by atoms with Crippen molar-refractivity contribution >= 4 is 16.3 Å². The summed E-state index contributed by atoms with van der Waals surface area (Å²) in [6.45, 7) is 10.9. The molecule has 0 amide bonds. The zero-order valence-corrected chi connectivity index (χ0v) is 17.3. The summed E-state index contributed by atoms with van der Waals surface area (Å²) in [4.78, 5) is 8.81. The molecule has 5 nitrogen and oxygen atoms in total. The van der Waals surface area contributed by atoms with Gasteiger partial charge in [-0.2, -0.15) is 4.52 Å². The van der Waals surface area contributed by atoms with E-state index in [0.29, 0.717) is 11.8 Å². The minimum atomic E-state index is 0.0365. The number of aryl methyl sites for hydroxylation is 2. The quantitative estimate of drug-likeness (QED) is 0.723. The van der Waals surface area contributed by atoms with E-state index in [-0.39, 0.29) is 11.9 Å². The molecule has 2 aromatic heterocycles. The van der Waals surface area contributed by atoms with E-state index >= 15 is 0 Å². The molecule has 27 heavy (non-hydrogen) atoms. The molecule has 1 N–H and O–H groups in total. The van der Waals surface area contributed by atoms with Gasteiger partial charge in [0.2, 0.25) is 10.8 Å². The number of aromatic nitrogens is 3. The van der Waals surface area contributed by atoms with Crippen molar-refractivity contribution in [3.63, 3.8) is 0 Å². The van der Waals surface area contributed by atoms with E-state index in [4.69, 9.17) is 0 Å². The lowest BCUT2D eigenvalue weighted by atomic mass is 9.89.